The Hall–Kier alpha value is -7.08. The van der Waals surface area contributed by atoms with Gasteiger partial charge < -0.3 is 0 Å². The molecule has 6 aromatic heterocycles. The number of aromatic nitrogens is 8. The van der Waals surface area contributed by atoms with Gasteiger partial charge in [0.2, 0.25) is 0 Å². The average molecular weight is 879 g/mol. The highest BCUT2D eigenvalue weighted by molar-refractivity contribution is 5.92. The number of ketones is 2. The number of rotatable bonds is 6. The lowest BCUT2D eigenvalue weighted by atomic mass is 9.59. The Labute approximate surface area is 380 Å². The van der Waals surface area contributed by atoms with Crippen molar-refractivity contribution in [2.45, 2.75) is 94.3 Å². The van der Waals surface area contributed by atoms with Crippen LogP contribution in [0.4, 0.5) is 8.78 Å². The van der Waals surface area contributed by atoms with E-state index in [1.165, 1.54) is 41.0 Å². The van der Waals surface area contributed by atoms with Crippen LogP contribution in [-0.2, 0) is 46.1 Å². The lowest BCUT2D eigenvalue weighted by Gasteiger charge is -2.44. The predicted molar refractivity (Wildman–Crippen MR) is 247 cm³/mol. The minimum absolute atomic E-state index is 0.146. The minimum Gasteiger partial charge on any atom is -0.300 e. The van der Waals surface area contributed by atoms with Crippen LogP contribution in [0, 0.1) is 17.6 Å². The van der Waals surface area contributed by atoms with E-state index in [1.807, 2.05) is 55.1 Å². The van der Waals surface area contributed by atoms with Gasteiger partial charge in [0.25, 0.3) is 0 Å². The van der Waals surface area contributed by atoms with Gasteiger partial charge in [0.15, 0.2) is 17.1 Å². The van der Waals surface area contributed by atoms with Crippen molar-refractivity contribution in [1.29, 1.82) is 0 Å². The van der Waals surface area contributed by atoms with Crippen molar-refractivity contribution in [3.8, 4) is 11.4 Å². The number of fused-ring (bicyclic) bond motifs is 8. The van der Waals surface area contributed by atoms with Gasteiger partial charge in [0.1, 0.15) is 17.4 Å². The molecular weight excluding hydrogens is 831 g/mol. The molecule has 0 saturated heterocycles. The van der Waals surface area contributed by atoms with E-state index in [9.17, 15) is 18.4 Å². The second-order valence-electron chi connectivity index (χ2n) is 18.4. The van der Waals surface area contributed by atoms with Crippen molar-refractivity contribution >= 4 is 33.6 Å². The molecule has 0 radical (unpaired) electrons. The highest BCUT2D eigenvalue weighted by Crippen LogP contribution is 2.51. The highest BCUT2D eigenvalue weighted by Gasteiger charge is 2.47. The molecule has 0 amide bonds. The standard InChI is InChI=1S/C27H25FN4O.C27H23FN4O/c2*28-20-7-9-22(10-8-20)32-26-18(17-30-32)14-24-25(31-26)6-3-4-19-15-23(33)11-12-27(19,24)16-21-5-1-2-13-29-21/h1-2,5,7-10,13-14,17,19H,3-4,6,11-12,15-16H2;1-2,5,7-10,13-15,17H,3-4,6,11-12,16H2/t19-,27-;/m0./s1. The lowest BCUT2D eigenvalue weighted by Crippen LogP contribution is -2.43. The van der Waals surface area contributed by atoms with Crippen molar-refractivity contribution in [3.05, 3.63) is 179 Å². The zero-order valence-electron chi connectivity index (χ0n) is 36.5. The van der Waals surface area contributed by atoms with E-state index < -0.39 is 0 Å². The SMILES string of the molecule is O=C1C=C2CCCc3nc4c(cnn4-c4ccc(F)cc4)cc3C2(Cc2ccccn2)CC1.O=C1CC[C@@]2(Cc3ccccn3)c3cc4cnn(-c5ccc(F)cc5)c4nc3CCC[C@H]2C1. The Morgan fingerprint density at radius 3 is 1.83 bits per heavy atom. The molecule has 12 heteroatoms. The number of benzene rings is 2. The maximum absolute atomic E-state index is 13.4. The first-order chi connectivity index (χ1) is 32.2. The Kier molecular flexibility index (Phi) is 10.7. The Morgan fingerprint density at radius 1 is 0.621 bits per heavy atom. The number of nitrogens with zero attached hydrogens (tertiary/aromatic N) is 8. The molecule has 66 heavy (non-hydrogen) atoms. The molecule has 6 heterocycles. The predicted octanol–water partition coefficient (Wildman–Crippen LogP) is 10.2. The van der Waals surface area contributed by atoms with Crippen LogP contribution in [0.2, 0.25) is 0 Å². The maximum Gasteiger partial charge on any atom is 0.163 e. The van der Waals surface area contributed by atoms with Crippen LogP contribution in [0.25, 0.3) is 33.4 Å². The second kappa shape index (κ2) is 17.0. The van der Waals surface area contributed by atoms with Gasteiger partial charge in [-0.1, -0.05) is 17.7 Å². The van der Waals surface area contributed by atoms with Crippen molar-refractivity contribution in [2.75, 3.05) is 0 Å². The van der Waals surface area contributed by atoms with E-state index >= 15 is 0 Å². The first-order valence-corrected chi connectivity index (χ1v) is 23.1. The number of hydrogen-bond donors (Lipinski definition) is 0. The molecule has 1 unspecified atom stereocenters. The summed E-state index contributed by atoms with van der Waals surface area (Å²) >= 11 is 0. The molecule has 10 nitrogen and oxygen atoms in total. The summed E-state index contributed by atoms with van der Waals surface area (Å²) in [6, 6.07) is 29.2. The fraction of sp³-hybridized carbons (Fsp3) is 0.296. The molecule has 8 aromatic rings. The average Bonchev–Trinajstić information content (AvgIpc) is 3.87. The molecule has 0 aliphatic heterocycles. The second-order valence-corrected chi connectivity index (χ2v) is 18.4. The van der Waals surface area contributed by atoms with Gasteiger partial charge in [0, 0.05) is 82.5 Å². The number of pyridine rings is 4. The number of carbonyl (C=O) groups is 2. The van der Waals surface area contributed by atoms with Gasteiger partial charge in [-0.2, -0.15) is 10.2 Å². The van der Waals surface area contributed by atoms with Crippen molar-refractivity contribution < 1.29 is 18.4 Å². The number of Topliss-reactive ketones (excluding diaryl/α,β-unsaturated/α-hetero) is 1. The van der Waals surface area contributed by atoms with E-state index in [1.54, 1.807) is 33.6 Å². The summed E-state index contributed by atoms with van der Waals surface area (Å²) in [7, 11) is 0. The lowest BCUT2D eigenvalue weighted by molar-refractivity contribution is -0.123. The van der Waals surface area contributed by atoms with Gasteiger partial charge >= 0.3 is 0 Å². The Balaban J connectivity index is 0.000000146. The van der Waals surface area contributed by atoms with Crippen molar-refractivity contribution in [3.63, 3.8) is 0 Å². The summed E-state index contributed by atoms with van der Waals surface area (Å²) in [6.45, 7) is 0. The van der Waals surface area contributed by atoms with Gasteiger partial charge in [-0.25, -0.2) is 28.1 Å². The number of allylic oxidation sites excluding steroid dienone is 2. The number of aryl methyl sites for hydroxylation is 2. The first kappa shape index (κ1) is 41.6. The van der Waals surface area contributed by atoms with Gasteiger partial charge in [-0.05, 0) is 166 Å². The summed E-state index contributed by atoms with van der Waals surface area (Å²) in [5, 5.41) is 11.1. The van der Waals surface area contributed by atoms with Gasteiger partial charge in [-0.3, -0.25) is 19.6 Å². The molecule has 0 spiro atoms. The van der Waals surface area contributed by atoms with Crippen LogP contribution in [0.1, 0.15) is 91.7 Å². The van der Waals surface area contributed by atoms with Crippen LogP contribution < -0.4 is 0 Å². The fourth-order valence-electron chi connectivity index (χ4n) is 11.4. The molecule has 0 bridgehead atoms. The first-order valence-electron chi connectivity index (χ1n) is 23.1. The third-order valence-corrected chi connectivity index (χ3v) is 14.6. The highest BCUT2D eigenvalue weighted by atomic mass is 19.1. The molecule has 2 aromatic carbocycles. The molecule has 1 fully saturated rings. The van der Waals surface area contributed by atoms with E-state index in [4.69, 9.17) is 9.97 Å². The van der Waals surface area contributed by atoms with Crippen LogP contribution in [0.5, 0.6) is 0 Å². The molecule has 3 atom stereocenters. The summed E-state index contributed by atoms with van der Waals surface area (Å²) in [5.74, 6) is 0.334. The Morgan fingerprint density at radius 2 is 1.21 bits per heavy atom. The van der Waals surface area contributed by atoms with Crippen molar-refractivity contribution in [2.24, 2.45) is 5.92 Å². The fourth-order valence-corrected chi connectivity index (χ4v) is 11.4. The summed E-state index contributed by atoms with van der Waals surface area (Å²) < 4.78 is 30.4. The van der Waals surface area contributed by atoms with Gasteiger partial charge in [0.05, 0.1) is 23.8 Å². The van der Waals surface area contributed by atoms with E-state index in [0.717, 1.165) is 120 Å². The normalized spacial score (nSPS) is 21.4. The van der Waals surface area contributed by atoms with Crippen LogP contribution in [0.15, 0.2) is 133 Å². The molecule has 4 aliphatic rings. The third-order valence-electron chi connectivity index (χ3n) is 14.6. The molecule has 4 aliphatic carbocycles. The van der Waals surface area contributed by atoms with E-state index in [-0.39, 0.29) is 28.2 Å². The molecule has 1 saturated carbocycles. The summed E-state index contributed by atoms with van der Waals surface area (Å²) in [6.07, 6.45) is 19.8. The number of carbonyl (C=O) groups excluding carboxylic acids is 2. The Bertz CT molecular complexity index is 3150. The zero-order valence-corrected chi connectivity index (χ0v) is 36.5. The monoisotopic (exact) mass is 878 g/mol. The quantitative estimate of drug-likeness (QED) is 0.162. The van der Waals surface area contributed by atoms with Crippen LogP contribution in [0.3, 0.4) is 0 Å². The molecule has 0 N–H and O–H groups in total. The summed E-state index contributed by atoms with van der Waals surface area (Å²) in [4.78, 5) is 44.3. The largest absolute Gasteiger partial charge is 0.300 e. The zero-order chi connectivity index (χ0) is 44.8. The molecule has 330 valence electrons. The van der Waals surface area contributed by atoms with Crippen molar-refractivity contribution in [1.82, 2.24) is 39.5 Å². The minimum atomic E-state index is -0.284. The number of halogens is 2. The van der Waals surface area contributed by atoms with E-state index in [0.29, 0.717) is 31.0 Å². The number of hydrogen-bond acceptors (Lipinski definition) is 8. The topological polar surface area (TPSA) is 121 Å². The van der Waals surface area contributed by atoms with Crippen LogP contribution in [-0.4, -0.2) is 51.1 Å². The third kappa shape index (κ3) is 7.61. The maximum atomic E-state index is 13.4. The molecular formula is C54H48F2N8O2. The van der Waals surface area contributed by atoms with Gasteiger partial charge in [-0.15, -0.1) is 0 Å². The summed E-state index contributed by atoms with van der Waals surface area (Å²) in [5.41, 5.74) is 10.6. The molecule has 12 rings (SSSR count). The smallest absolute Gasteiger partial charge is 0.163 e. The van der Waals surface area contributed by atoms with E-state index in [2.05, 4.69) is 44.4 Å². The van der Waals surface area contributed by atoms with Crippen LogP contribution >= 0.6 is 0 Å².